The molecule has 0 aliphatic carbocycles. The van der Waals surface area contributed by atoms with Crippen molar-refractivity contribution < 1.29 is 9.47 Å². The Balaban J connectivity index is 1.69. The second kappa shape index (κ2) is 6.74. The maximum absolute atomic E-state index is 5.75. The molecule has 0 bridgehead atoms. The van der Waals surface area contributed by atoms with Crippen LogP contribution in [-0.2, 0) is 22.6 Å². The molecule has 1 aliphatic heterocycles. The van der Waals surface area contributed by atoms with Gasteiger partial charge in [-0.2, -0.15) is 0 Å². The number of hydrogen-bond donors (Lipinski definition) is 1. The molecule has 3 nitrogen and oxygen atoms in total. The summed E-state index contributed by atoms with van der Waals surface area (Å²) in [6.45, 7) is 3.92. The summed E-state index contributed by atoms with van der Waals surface area (Å²) in [5, 5.41) is 0. The van der Waals surface area contributed by atoms with Gasteiger partial charge < -0.3 is 15.2 Å². The second-order valence-electron chi connectivity index (χ2n) is 4.59. The van der Waals surface area contributed by atoms with Gasteiger partial charge in [0.05, 0.1) is 13.2 Å². The third kappa shape index (κ3) is 4.11. The van der Waals surface area contributed by atoms with E-state index in [-0.39, 0.29) is 0 Å². The molecular weight excluding hydrogens is 214 g/mol. The minimum Gasteiger partial charge on any atom is -0.381 e. The zero-order chi connectivity index (χ0) is 11.9. The van der Waals surface area contributed by atoms with Gasteiger partial charge in [0.2, 0.25) is 0 Å². The molecule has 0 amide bonds. The standard InChI is InChI=1S/C14H21NO2/c15-9-12-1-3-13(4-2-12)10-17-11-14-5-7-16-8-6-14/h1-4,14H,5-11,15H2. The van der Waals surface area contributed by atoms with E-state index in [1.54, 1.807) is 0 Å². The first kappa shape index (κ1) is 12.6. The number of rotatable bonds is 5. The van der Waals surface area contributed by atoms with Crippen molar-refractivity contribution in [1.29, 1.82) is 0 Å². The lowest BCUT2D eigenvalue weighted by Gasteiger charge is -2.21. The van der Waals surface area contributed by atoms with Gasteiger partial charge in [-0.25, -0.2) is 0 Å². The van der Waals surface area contributed by atoms with E-state index in [9.17, 15) is 0 Å². The van der Waals surface area contributed by atoms with E-state index in [0.717, 1.165) is 38.2 Å². The molecule has 94 valence electrons. The third-order valence-corrected chi connectivity index (χ3v) is 3.22. The summed E-state index contributed by atoms with van der Waals surface area (Å²) in [6.07, 6.45) is 2.26. The van der Waals surface area contributed by atoms with Crippen molar-refractivity contribution in [2.45, 2.75) is 26.0 Å². The Kier molecular flexibility index (Phi) is 4.98. The van der Waals surface area contributed by atoms with Crippen LogP contribution < -0.4 is 5.73 Å². The fourth-order valence-electron chi connectivity index (χ4n) is 2.03. The summed E-state index contributed by atoms with van der Waals surface area (Å²) in [6, 6.07) is 8.30. The number of ether oxygens (including phenoxy) is 2. The van der Waals surface area contributed by atoms with Crippen molar-refractivity contribution in [3.63, 3.8) is 0 Å². The van der Waals surface area contributed by atoms with E-state index < -0.39 is 0 Å². The summed E-state index contributed by atoms with van der Waals surface area (Å²) >= 11 is 0. The van der Waals surface area contributed by atoms with E-state index in [0.29, 0.717) is 19.1 Å². The predicted molar refractivity (Wildman–Crippen MR) is 67.5 cm³/mol. The predicted octanol–water partition coefficient (Wildman–Crippen LogP) is 2.09. The fraction of sp³-hybridized carbons (Fsp3) is 0.571. The Morgan fingerprint density at radius 2 is 1.76 bits per heavy atom. The summed E-state index contributed by atoms with van der Waals surface area (Å²) in [5.41, 5.74) is 7.94. The first-order chi connectivity index (χ1) is 8.38. The van der Waals surface area contributed by atoms with E-state index in [1.807, 2.05) is 0 Å². The highest BCUT2D eigenvalue weighted by molar-refractivity contribution is 5.21. The first-order valence-electron chi connectivity index (χ1n) is 6.32. The van der Waals surface area contributed by atoms with E-state index in [1.165, 1.54) is 5.56 Å². The van der Waals surface area contributed by atoms with Gasteiger partial charge in [0, 0.05) is 19.8 Å². The highest BCUT2D eigenvalue weighted by Crippen LogP contribution is 2.15. The monoisotopic (exact) mass is 235 g/mol. The second-order valence-corrected chi connectivity index (χ2v) is 4.59. The van der Waals surface area contributed by atoms with Crippen LogP contribution in [0.2, 0.25) is 0 Å². The highest BCUT2D eigenvalue weighted by atomic mass is 16.5. The molecular formula is C14H21NO2. The quantitative estimate of drug-likeness (QED) is 0.850. The van der Waals surface area contributed by atoms with Crippen molar-refractivity contribution in [2.24, 2.45) is 11.7 Å². The lowest BCUT2D eigenvalue weighted by atomic mass is 10.0. The lowest BCUT2D eigenvalue weighted by Crippen LogP contribution is -2.20. The molecule has 0 radical (unpaired) electrons. The summed E-state index contributed by atoms with van der Waals surface area (Å²) in [5.74, 6) is 0.673. The van der Waals surface area contributed by atoms with Crippen molar-refractivity contribution in [1.82, 2.24) is 0 Å². The molecule has 2 rings (SSSR count). The molecule has 3 heteroatoms. The molecule has 0 atom stereocenters. The normalized spacial score (nSPS) is 17.2. The van der Waals surface area contributed by atoms with Crippen LogP contribution in [0.4, 0.5) is 0 Å². The van der Waals surface area contributed by atoms with Gasteiger partial charge in [-0.15, -0.1) is 0 Å². The topological polar surface area (TPSA) is 44.5 Å². The Morgan fingerprint density at radius 1 is 1.12 bits per heavy atom. The minimum absolute atomic E-state index is 0.600. The molecule has 1 aromatic rings. The van der Waals surface area contributed by atoms with Gasteiger partial charge in [-0.3, -0.25) is 0 Å². The molecule has 1 fully saturated rings. The van der Waals surface area contributed by atoms with E-state index in [4.69, 9.17) is 15.2 Å². The Bertz CT molecular complexity index is 317. The van der Waals surface area contributed by atoms with E-state index >= 15 is 0 Å². The third-order valence-electron chi connectivity index (χ3n) is 3.22. The van der Waals surface area contributed by atoms with Crippen molar-refractivity contribution >= 4 is 0 Å². The number of nitrogens with two attached hydrogens (primary N) is 1. The van der Waals surface area contributed by atoms with Crippen LogP contribution in [0.15, 0.2) is 24.3 Å². The van der Waals surface area contributed by atoms with Crippen LogP contribution in [0.25, 0.3) is 0 Å². The highest BCUT2D eigenvalue weighted by Gasteiger charge is 2.13. The Hall–Kier alpha value is -0.900. The van der Waals surface area contributed by atoms with Crippen LogP contribution >= 0.6 is 0 Å². The average Bonchev–Trinajstić information content (AvgIpc) is 2.41. The van der Waals surface area contributed by atoms with Gasteiger partial charge in [0.15, 0.2) is 0 Å². The molecule has 2 N–H and O–H groups in total. The van der Waals surface area contributed by atoms with Gasteiger partial charge in [0.1, 0.15) is 0 Å². The first-order valence-corrected chi connectivity index (χ1v) is 6.32. The average molecular weight is 235 g/mol. The SMILES string of the molecule is NCc1ccc(COCC2CCOCC2)cc1. The molecule has 1 aromatic carbocycles. The van der Waals surface area contributed by atoms with Crippen LogP contribution in [0, 0.1) is 5.92 Å². The summed E-state index contributed by atoms with van der Waals surface area (Å²) in [4.78, 5) is 0. The summed E-state index contributed by atoms with van der Waals surface area (Å²) < 4.78 is 11.1. The molecule has 0 aromatic heterocycles. The zero-order valence-electron chi connectivity index (χ0n) is 10.2. The number of hydrogen-bond acceptors (Lipinski definition) is 3. The minimum atomic E-state index is 0.600. The molecule has 17 heavy (non-hydrogen) atoms. The Labute approximate surface area is 103 Å². The smallest absolute Gasteiger partial charge is 0.0717 e. The molecule has 0 saturated carbocycles. The van der Waals surface area contributed by atoms with Crippen LogP contribution in [-0.4, -0.2) is 19.8 Å². The molecule has 1 heterocycles. The summed E-state index contributed by atoms with van der Waals surface area (Å²) in [7, 11) is 0. The van der Waals surface area contributed by atoms with Crippen LogP contribution in [0.1, 0.15) is 24.0 Å². The van der Waals surface area contributed by atoms with Crippen LogP contribution in [0.5, 0.6) is 0 Å². The zero-order valence-corrected chi connectivity index (χ0v) is 10.2. The molecule has 0 unspecified atom stereocenters. The van der Waals surface area contributed by atoms with Crippen LogP contribution in [0.3, 0.4) is 0 Å². The van der Waals surface area contributed by atoms with Crippen molar-refractivity contribution in [3.05, 3.63) is 35.4 Å². The lowest BCUT2D eigenvalue weighted by molar-refractivity contribution is 0.0157. The maximum Gasteiger partial charge on any atom is 0.0717 e. The molecule has 1 aliphatic rings. The van der Waals surface area contributed by atoms with Gasteiger partial charge in [-0.1, -0.05) is 24.3 Å². The van der Waals surface area contributed by atoms with Gasteiger partial charge in [-0.05, 0) is 29.9 Å². The van der Waals surface area contributed by atoms with Crippen molar-refractivity contribution in [3.8, 4) is 0 Å². The molecule has 0 spiro atoms. The fourth-order valence-corrected chi connectivity index (χ4v) is 2.03. The Morgan fingerprint density at radius 3 is 2.41 bits per heavy atom. The van der Waals surface area contributed by atoms with Gasteiger partial charge in [0.25, 0.3) is 0 Å². The molecule has 1 saturated heterocycles. The van der Waals surface area contributed by atoms with Crippen molar-refractivity contribution in [2.75, 3.05) is 19.8 Å². The number of benzene rings is 1. The maximum atomic E-state index is 5.75. The van der Waals surface area contributed by atoms with E-state index in [2.05, 4.69) is 24.3 Å². The largest absolute Gasteiger partial charge is 0.381 e. The van der Waals surface area contributed by atoms with Gasteiger partial charge >= 0.3 is 0 Å².